The Morgan fingerprint density at radius 1 is 1.44 bits per heavy atom. The van der Waals surface area contributed by atoms with Gasteiger partial charge < -0.3 is 11.1 Å². The summed E-state index contributed by atoms with van der Waals surface area (Å²) >= 11 is 0. The maximum Gasteiger partial charge on any atom is 0.254 e. The number of hydrogen-bond donors (Lipinski definition) is 2. The predicted octanol–water partition coefficient (Wildman–Crippen LogP) is 2.72. The molecule has 2 rings (SSSR count). The minimum atomic E-state index is -0.564. The Balaban J connectivity index is 2.02. The summed E-state index contributed by atoms with van der Waals surface area (Å²) in [4.78, 5) is 12.0. The SMILES string of the molecule is C[C@H](NC(=O)c1ccc(N)cc1F)C1CCCC1. The molecule has 3 N–H and O–H groups in total. The van der Waals surface area contributed by atoms with Crippen LogP contribution in [0.1, 0.15) is 43.0 Å². The molecule has 1 atom stereocenters. The van der Waals surface area contributed by atoms with Crippen LogP contribution in [0.4, 0.5) is 10.1 Å². The maximum atomic E-state index is 13.6. The number of benzene rings is 1. The van der Waals surface area contributed by atoms with E-state index in [0.29, 0.717) is 11.6 Å². The molecule has 1 aromatic rings. The zero-order valence-electron chi connectivity index (χ0n) is 10.6. The molecule has 1 saturated carbocycles. The van der Waals surface area contributed by atoms with Gasteiger partial charge in [-0.15, -0.1) is 0 Å². The van der Waals surface area contributed by atoms with Crippen molar-refractivity contribution in [3.63, 3.8) is 0 Å². The molecule has 1 fully saturated rings. The summed E-state index contributed by atoms with van der Waals surface area (Å²) in [6, 6.07) is 4.24. The number of amides is 1. The number of nitrogens with two attached hydrogens (primary N) is 1. The highest BCUT2D eigenvalue weighted by Crippen LogP contribution is 2.27. The molecular formula is C14H19FN2O. The summed E-state index contributed by atoms with van der Waals surface area (Å²) in [6.07, 6.45) is 4.74. The van der Waals surface area contributed by atoms with Crippen LogP contribution in [-0.4, -0.2) is 11.9 Å². The molecule has 0 aromatic heterocycles. The Morgan fingerprint density at radius 2 is 2.11 bits per heavy atom. The Kier molecular flexibility index (Phi) is 3.84. The lowest BCUT2D eigenvalue weighted by Gasteiger charge is -2.20. The molecule has 1 aliphatic rings. The second-order valence-corrected chi connectivity index (χ2v) is 5.05. The van der Waals surface area contributed by atoms with Crippen LogP contribution in [-0.2, 0) is 0 Å². The van der Waals surface area contributed by atoms with Crippen LogP contribution in [0, 0.1) is 11.7 Å². The number of nitrogens with one attached hydrogen (secondary N) is 1. The van der Waals surface area contributed by atoms with E-state index in [9.17, 15) is 9.18 Å². The highest BCUT2D eigenvalue weighted by atomic mass is 19.1. The molecule has 1 amide bonds. The second-order valence-electron chi connectivity index (χ2n) is 5.05. The van der Waals surface area contributed by atoms with Gasteiger partial charge in [0.15, 0.2) is 0 Å². The third kappa shape index (κ3) is 2.81. The van der Waals surface area contributed by atoms with Crippen LogP contribution >= 0.6 is 0 Å². The molecule has 0 aliphatic heterocycles. The van der Waals surface area contributed by atoms with Gasteiger partial charge >= 0.3 is 0 Å². The van der Waals surface area contributed by atoms with Gasteiger partial charge in [-0.25, -0.2) is 4.39 Å². The van der Waals surface area contributed by atoms with Crippen LogP contribution in [0.15, 0.2) is 18.2 Å². The van der Waals surface area contributed by atoms with Crippen LogP contribution in [0.5, 0.6) is 0 Å². The quantitative estimate of drug-likeness (QED) is 0.810. The molecule has 0 bridgehead atoms. The first kappa shape index (κ1) is 12.9. The third-order valence-corrected chi connectivity index (χ3v) is 3.70. The number of carbonyl (C=O) groups excluding carboxylic acids is 1. The molecule has 1 aliphatic carbocycles. The summed E-state index contributed by atoms with van der Waals surface area (Å²) in [7, 11) is 0. The second kappa shape index (κ2) is 5.38. The largest absolute Gasteiger partial charge is 0.399 e. The van der Waals surface area contributed by atoms with Crippen molar-refractivity contribution in [2.24, 2.45) is 5.92 Å². The monoisotopic (exact) mass is 250 g/mol. The van der Waals surface area contributed by atoms with Gasteiger partial charge in [-0.3, -0.25) is 4.79 Å². The summed E-state index contributed by atoms with van der Waals surface area (Å²) in [5.41, 5.74) is 5.85. The van der Waals surface area contributed by atoms with E-state index < -0.39 is 5.82 Å². The molecule has 0 radical (unpaired) electrons. The standard InChI is InChI=1S/C14H19FN2O/c1-9(10-4-2-3-5-10)17-14(18)12-7-6-11(16)8-13(12)15/h6-10H,2-5,16H2,1H3,(H,17,18)/t9-/m0/s1. The fourth-order valence-electron chi connectivity index (χ4n) is 2.58. The number of anilines is 1. The normalized spacial score (nSPS) is 17.7. The summed E-state index contributed by atoms with van der Waals surface area (Å²) < 4.78 is 13.6. The first-order valence-corrected chi connectivity index (χ1v) is 6.44. The minimum absolute atomic E-state index is 0.0639. The number of halogens is 1. The molecule has 0 spiro atoms. The molecule has 98 valence electrons. The van der Waals surface area contributed by atoms with E-state index in [4.69, 9.17) is 5.73 Å². The lowest BCUT2D eigenvalue weighted by Crippen LogP contribution is -2.37. The summed E-state index contributed by atoms with van der Waals surface area (Å²) in [6.45, 7) is 1.99. The molecule has 1 aromatic carbocycles. The Bertz CT molecular complexity index is 441. The topological polar surface area (TPSA) is 55.1 Å². The van der Waals surface area contributed by atoms with Gasteiger partial charge in [-0.05, 0) is 43.9 Å². The van der Waals surface area contributed by atoms with Crippen LogP contribution in [0.3, 0.4) is 0 Å². The maximum absolute atomic E-state index is 13.6. The Morgan fingerprint density at radius 3 is 2.72 bits per heavy atom. The van der Waals surface area contributed by atoms with Crippen LogP contribution < -0.4 is 11.1 Å². The van der Waals surface area contributed by atoms with Crippen molar-refractivity contribution in [2.45, 2.75) is 38.6 Å². The Labute approximate surface area is 107 Å². The van der Waals surface area contributed by atoms with Gasteiger partial charge in [0.1, 0.15) is 5.82 Å². The predicted molar refractivity (Wildman–Crippen MR) is 69.7 cm³/mol. The molecular weight excluding hydrogens is 231 g/mol. The van der Waals surface area contributed by atoms with Gasteiger partial charge in [-0.2, -0.15) is 0 Å². The lowest BCUT2D eigenvalue weighted by molar-refractivity contribution is 0.0923. The first-order chi connectivity index (χ1) is 8.58. The molecule has 3 nitrogen and oxygen atoms in total. The number of carbonyl (C=O) groups is 1. The Hall–Kier alpha value is -1.58. The van der Waals surface area contributed by atoms with Crippen molar-refractivity contribution in [3.05, 3.63) is 29.6 Å². The van der Waals surface area contributed by atoms with Crippen molar-refractivity contribution in [1.29, 1.82) is 0 Å². The summed E-state index contributed by atoms with van der Waals surface area (Å²) in [5.74, 6) is -0.399. The molecule has 0 saturated heterocycles. The van der Waals surface area contributed by atoms with E-state index in [2.05, 4.69) is 5.32 Å². The van der Waals surface area contributed by atoms with Crippen molar-refractivity contribution in [2.75, 3.05) is 5.73 Å². The number of hydrogen-bond acceptors (Lipinski definition) is 2. The molecule has 4 heteroatoms. The molecule has 0 unspecified atom stereocenters. The molecule has 18 heavy (non-hydrogen) atoms. The minimum Gasteiger partial charge on any atom is -0.399 e. The first-order valence-electron chi connectivity index (χ1n) is 6.44. The van der Waals surface area contributed by atoms with E-state index in [-0.39, 0.29) is 17.5 Å². The smallest absolute Gasteiger partial charge is 0.254 e. The van der Waals surface area contributed by atoms with Crippen molar-refractivity contribution < 1.29 is 9.18 Å². The third-order valence-electron chi connectivity index (χ3n) is 3.70. The van der Waals surface area contributed by atoms with Crippen LogP contribution in [0.25, 0.3) is 0 Å². The van der Waals surface area contributed by atoms with Crippen molar-refractivity contribution in [3.8, 4) is 0 Å². The van der Waals surface area contributed by atoms with Gasteiger partial charge in [0, 0.05) is 11.7 Å². The lowest BCUT2D eigenvalue weighted by atomic mass is 9.99. The van der Waals surface area contributed by atoms with E-state index in [1.807, 2.05) is 6.92 Å². The van der Waals surface area contributed by atoms with Gasteiger partial charge in [0.2, 0.25) is 0 Å². The van der Waals surface area contributed by atoms with Gasteiger partial charge in [0.25, 0.3) is 5.91 Å². The highest BCUT2D eigenvalue weighted by molar-refractivity contribution is 5.95. The number of rotatable bonds is 3. The average molecular weight is 250 g/mol. The van der Waals surface area contributed by atoms with E-state index >= 15 is 0 Å². The zero-order valence-corrected chi connectivity index (χ0v) is 10.6. The average Bonchev–Trinajstić information content (AvgIpc) is 2.81. The fourth-order valence-corrected chi connectivity index (χ4v) is 2.58. The van der Waals surface area contributed by atoms with Gasteiger partial charge in [-0.1, -0.05) is 12.8 Å². The highest BCUT2D eigenvalue weighted by Gasteiger charge is 2.23. The molecule has 0 heterocycles. The van der Waals surface area contributed by atoms with Gasteiger partial charge in [0.05, 0.1) is 5.56 Å². The van der Waals surface area contributed by atoms with Crippen molar-refractivity contribution in [1.82, 2.24) is 5.32 Å². The van der Waals surface area contributed by atoms with Crippen molar-refractivity contribution >= 4 is 11.6 Å². The zero-order chi connectivity index (χ0) is 13.1. The summed E-state index contributed by atoms with van der Waals surface area (Å²) in [5, 5.41) is 2.88. The van der Waals surface area contributed by atoms with Crippen LogP contribution in [0.2, 0.25) is 0 Å². The number of nitrogen functional groups attached to an aromatic ring is 1. The fraction of sp³-hybridized carbons (Fsp3) is 0.500. The van der Waals surface area contributed by atoms with E-state index in [1.165, 1.54) is 31.0 Å². The van der Waals surface area contributed by atoms with E-state index in [1.54, 1.807) is 0 Å². The van der Waals surface area contributed by atoms with E-state index in [0.717, 1.165) is 12.8 Å².